The van der Waals surface area contributed by atoms with E-state index >= 15 is 0 Å². The van der Waals surface area contributed by atoms with E-state index in [1.807, 2.05) is 6.92 Å². The van der Waals surface area contributed by atoms with E-state index in [1.165, 1.54) is 13.8 Å². The maximum atomic E-state index is 12.3. The molecule has 18 heavy (non-hydrogen) atoms. The maximum absolute atomic E-state index is 12.3. The summed E-state index contributed by atoms with van der Waals surface area (Å²) >= 11 is 0. The SMILES string of the molecule is CCCNCCS(=O)(=O)N(CC(F)(F)F)C(C)C. The number of alkyl halides is 3. The van der Waals surface area contributed by atoms with Gasteiger partial charge in [0.2, 0.25) is 10.0 Å². The van der Waals surface area contributed by atoms with Gasteiger partial charge in [-0.25, -0.2) is 8.42 Å². The Morgan fingerprint density at radius 3 is 2.17 bits per heavy atom. The first-order valence-corrected chi connectivity index (χ1v) is 7.48. The average Bonchev–Trinajstić information content (AvgIpc) is 2.19. The van der Waals surface area contributed by atoms with E-state index in [0.29, 0.717) is 10.8 Å². The molecule has 0 aromatic heterocycles. The van der Waals surface area contributed by atoms with Crippen LogP contribution >= 0.6 is 0 Å². The lowest BCUT2D eigenvalue weighted by molar-refractivity contribution is -0.138. The highest BCUT2D eigenvalue weighted by Gasteiger charge is 2.37. The summed E-state index contributed by atoms with van der Waals surface area (Å²) in [5, 5.41) is 2.86. The van der Waals surface area contributed by atoms with E-state index in [0.717, 1.165) is 6.42 Å². The minimum absolute atomic E-state index is 0.164. The Bertz CT molecular complexity index is 329. The first kappa shape index (κ1) is 17.7. The quantitative estimate of drug-likeness (QED) is 0.691. The van der Waals surface area contributed by atoms with Gasteiger partial charge >= 0.3 is 6.18 Å². The molecule has 0 aliphatic heterocycles. The molecule has 0 saturated carbocycles. The lowest BCUT2D eigenvalue weighted by Crippen LogP contribution is -2.45. The Morgan fingerprint density at radius 1 is 1.22 bits per heavy atom. The number of sulfonamides is 1. The molecule has 0 radical (unpaired) electrons. The minimum atomic E-state index is -4.52. The van der Waals surface area contributed by atoms with Crippen molar-refractivity contribution in [3.8, 4) is 0 Å². The summed E-state index contributed by atoms with van der Waals surface area (Å²) in [5.41, 5.74) is 0. The Morgan fingerprint density at radius 2 is 1.78 bits per heavy atom. The van der Waals surface area contributed by atoms with E-state index in [4.69, 9.17) is 0 Å². The number of hydrogen-bond donors (Lipinski definition) is 1. The molecule has 0 heterocycles. The van der Waals surface area contributed by atoms with Gasteiger partial charge in [-0.2, -0.15) is 17.5 Å². The van der Waals surface area contributed by atoms with Crippen molar-refractivity contribution in [3.05, 3.63) is 0 Å². The van der Waals surface area contributed by atoms with Crippen LogP contribution in [0.25, 0.3) is 0 Å². The van der Waals surface area contributed by atoms with Crippen LogP contribution in [0.4, 0.5) is 13.2 Å². The zero-order valence-electron chi connectivity index (χ0n) is 10.9. The molecule has 0 aromatic carbocycles. The summed E-state index contributed by atoms with van der Waals surface area (Å²) in [5.74, 6) is -0.318. The van der Waals surface area contributed by atoms with E-state index in [2.05, 4.69) is 5.32 Å². The standard InChI is InChI=1S/C10H21F3N2O2S/c1-4-5-14-6-7-18(16,17)15(9(2)3)8-10(11,12)13/h9,14H,4-8H2,1-3H3. The summed E-state index contributed by atoms with van der Waals surface area (Å²) in [6.07, 6.45) is -3.68. The zero-order valence-corrected chi connectivity index (χ0v) is 11.7. The molecule has 0 aromatic rings. The maximum Gasteiger partial charge on any atom is 0.402 e. The summed E-state index contributed by atoms with van der Waals surface area (Å²) in [6, 6.07) is -0.706. The fourth-order valence-corrected chi connectivity index (χ4v) is 3.02. The fourth-order valence-electron chi connectivity index (χ4n) is 1.40. The largest absolute Gasteiger partial charge is 0.402 e. The predicted molar refractivity (Wildman–Crippen MR) is 64.8 cm³/mol. The highest BCUT2D eigenvalue weighted by atomic mass is 32.2. The van der Waals surface area contributed by atoms with Gasteiger partial charge in [-0.05, 0) is 26.8 Å². The van der Waals surface area contributed by atoms with Gasteiger partial charge in [-0.15, -0.1) is 0 Å². The van der Waals surface area contributed by atoms with Gasteiger partial charge in [0, 0.05) is 12.6 Å². The third-order valence-electron chi connectivity index (χ3n) is 2.23. The summed E-state index contributed by atoms with van der Waals surface area (Å²) in [4.78, 5) is 0. The summed E-state index contributed by atoms with van der Waals surface area (Å²) in [7, 11) is -3.88. The second kappa shape index (κ2) is 7.30. The van der Waals surface area contributed by atoms with Crippen molar-refractivity contribution in [2.45, 2.75) is 39.4 Å². The van der Waals surface area contributed by atoms with E-state index in [-0.39, 0.29) is 12.3 Å². The highest BCUT2D eigenvalue weighted by molar-refractivity contribution is 7.89. The van der Waals surface area contributed by atoms with Crippen molar-refractivity contribution in [2.24, 2.45) is 0 Å². The third kappa shape index (κ3) is 7.17. The van der Waals surface area contributed by atoms with Crippen LogP contribution < -0.4 is 5.32 Å². The molecule has 0 unspecified atom stereocenters. The molecule has 8 heteroatoms. The normalized spacial score (nSPS) is 13.6. The molecule has 1 N–H and O–H groups in total. The molecule has 0 spiro atoms. The highest BCUT2D eigenvalue weighted by Crippen LogP contribution is 2.20. The van der Waals surface area contributed by atoms with Crippen LogP contribution in [0.1, 0.15) is 27.2 Å². The molecule has 0 bridgehead atoms. The average molecular weight is 290 g/mol. The topological polar surface area (TPSA) is 49.4 Å². The van der Waals surface area contributed by atoms with Gasteiger partial charge in [-0.3, -0.25) is 0 Å². The first-order valence-electron chi connectivity index (χ1n) is 5.87. The van der Waals surface area contributed by atoms with Crippen molar-refractivity contribution < 1.29 is 21.6 Å². The van der Waals surface area contributed by atoms with Crippen LogP contribution in [-0.4, -0.2) is 50.3 Å². The Labute approximate surface area is 107 Å². The summed E-state index contributed by atoms with van der Waals surface area (Å²) < 4.78 is 61.1. The Kier molecular flexibility index (Phi) is 7.16. The van der Waals surface area contributed by atoms with Crippen LogP contribution in [0, 0.1) is 0 Å². The molecule has 0 rings (SSSR count). The number of halogens is 3. The Balaban J connectivity index is 4.58. The molecule has 0 atom stereocenters. The lowest BCUT2D eigenvalue weighted by Gasteiger charge is -2.26. The van der Waals surface area contributed by atoms with Gasteiger partial charge in [0.25, 0.3) is 0 Å². The van der Waals surface area contributed by atoms with E-state index < -0.39 is 28.8 Å². The molecule has 0 saturated heterocycles. The first-order chi connectivity index (χ1) is 8.10. The van der Waals surface area contributed by atoms with Gasteiger partial charge in [0.05, 0.1) is 5.75 Å². The molecule has 0 amide bonds. The molecule has 0 fully saturated rings. The van der Waals surface area contributed by atoms with Crippen molar-refractivity contribution in [2.75, 3.05) is 25.4 Å². The third-order valence-corrected chi connectivity index (χ3v) is 4.22. The van der Waals surface area contributed by atoms with Crippen molar-refractivity contribution in [3.63, 3.8) is 0 Å². The zero-order chi connectivity index (χ0) is 14.4. The smallest absolute Gasteiger partial charge is 0.316 e. The second-order valence-electron chi connectivity index (χ2n) is 4.32. The molecule has 0 aliphatic rings. The van der Waals surface area contributed by atoms with Gasteiger partial charge in [-0.1, -0.05) is 6.92 Å². The van der Waals surface area contributed by atoms with Crippen LogP contribution in [-0.2, 0) is 10.0 Å². The van der Waals surface area contributed by atoms with Crippen molar-refractivity contribution >= 4 is 10.0 Å². The van der Waals surface area contributed by atoms with Gasteiger partial charge < -0.3 is 5.32 Å². The molecule has 110 valence electrons. The van der Waals surface area contributed by atoms with Crippen LogP contribution in [0.2, 0.25) is 0 Å². The molecular weight excluding hydrogens is 269 g/mol. The number of hydrogen-bond acceptors (Lipinski definition) is 3. The monoisotopic (exact) mass is 290 g/mol. The Hall–Kier alpha value is -0.340. The van der Waals surface area contributed by atoms with Crippen LogP contribution in [0.3, 0.4) is 0 Å². The fraction of sp³-hybridized carbons (Fsp3) is 1.00. The molecular formula is C10H21F3N2O2S. The van der Waals surface area contributed by atoms with Gasteiger partial charge in [0.1, 0.15) is 6.54 Å². The second-order valence-corrected chi connectivity index (χ2v) is 6.36. The van der Waals surface area contributed by atoms with Crippen LogP contribution in [0.5, 0.6) is 0 Å². The van der Waals surface area contributed by atoms with Crippen LogP contribution in [0.15, 0.2) is 0 Å². The number of nitrogens with one attached hydrogen (secondary N) is 1. The minimum Gasteiger partial charge on any atom is -0.316 e. The number of nitrogens with zero attached hydrogens (tertiary/aromatic N) is 1. The van der Waals surface area contributed by atoms with Crippen molar-refractivity contribution in [1.82, 2.24) is 9.62 Å². The molecule has 4 nitrogen and oxygen atoms in total. The predicted octanol–water partition coefficient (Wildman–Crippen LogP) is 1.59. The van der Waals surface area contributed by atoms with Crippen molar-refractivity contribution in [1.29, 1.82) is 0 Å². The number of rotatable bonds is 8. The summed E-state index contributed by atoms with van der Waals surface area (Å²) in [6.45, 7) is 4.17. The van der Waals surface area contributed by atoms with E-state index in [9.17, 15) is 21.6 Å². The van der Waals surface area contributed by atoms with E-state index in [1.54, 1.807) is 0 Å². The lowest BCUT2D eigenvalue weighted by atomic mass is 10.4. The van der Waals surface area contributed by atoms with Gasteiger partial charge in [0.15, 0.2) is 0 Å². The molecule has 0 aliphatic carbocycles.